The van der Waals surface area contributed by atoms with Crippen LogP contribution in [-0.2, 0) is 68.2 Å². The molecular formula is H16Na4O18S6. The average Bonchev–Trinajstić information content (AvgIpc) is 2.08. The second-order valence-electron chi connectivity index (χ2n) is 1.38. The molecule has 0 aliphatic rings. The van der Waals surface area contributed by atoms with Gasteiger partial charge in [-0.2, -0.15) is 25.3 Å². The fraction of sp³-hybridized carbons (Fsp3) is 0. The SMILES string of the molecule is O=S(O)O.O=S(O)O.O=S(O)O.O=S(O)O.O=S(O)O.O=S(O)O.[H-].[H-].[H-].[H-].[Na+].[Na+].[Na+].[Na+]. The topological polar surface area (TPSA) is 345 Å². The number of hydrogen-bond acceptors (Lipinski definition) is 6. The molecule has 28 heavy (non-hydrogen) atoms. The van der Waals surface area contributed by atoms with Crippen molar-refractivity contribution in [2.45, 2.75) is 0 Å². The predicted molar refractivity (Wildman–Crippen MR) is 84.8 cm³/mol. The second-order valence-corrected chi connectivity index (χ2v) is 4.15. The third-order valence-corrected chi connectivity index (χ3v) is 0. The minimum atomic E-state index is -2.61. The molecular weight excluding hydrogens is 572 g/mol. The van der Waals surface area contributed by atoms with Crippen LogP contribution in [0.3, 0.4) is 0 Å². The molecule has 164 valence electrons. The zero-order valence-corrected chi connectivity index (χ0v) is 27.2. The zero-order chi connectivity index (χ0) is 21.5. The Bertz CT molecular complexity index is 285. The Morgan fingerprint density at radius 1 is 0.286 bits per heavy atom. The Morgan fingerprint density at radius 2 is 0.286 bits per heavy atom. The summed E-state index contributed by atoms with van der Waals surface area (Å²) < 4.78 is 137. The van der Waals surface area contributed by atoms with Crippen molar-refractivity contribution in [3.63, 3.8) is 0 Å². The maximum absolute atomic E-state index is 8.67. The van der Waals surface area contributed by atoms with Gasteiger partial charge >= 0.3 is 118 Å². The molecule has 28 heteroatoms. The number of hydrogen-bond donors (Lipinski definition) is 12. The van der Waals surface area contributed by atoms with Crippen LogP contribution in [0, 0.1) is 0 Å². The summed E-state index contributed by atoms with van der Waals surface area (Å²) in [7, 11) is 0. The first-order valence-corrected chi connectivity index (χ1v) is 9.57. The van der Waals surface area contributed by atoms with E-state index in [9.17, 15) is 0 Å². The smallest absolute Gasteiger partial charge is 1.00 e. The average molecular weight is 588 g/mol. The Balaban J connectivity index is -0.00000000964. The van der Waals surface area contributed by atoms with Crippen LogP contribution >= 0.6 is 0 Å². The molecule has 0 bridgehead atoms. The van der Waals surface area contributed by atoms with E-state index in [2.05, 4.69) is 0 Å². The molecule has 0 aromatic rings. The first-order valence-electron chi connectivity index (χ1n) is 3.19. The molecule has 0 rings (SSSR count). The van der Waals surface area contributed by atoms with E-state index in [1.165, 1.54) is 0 Å². The normalized spacial score (nSPS) is 7.50. The van der Waals surface area contributed by atoms with E-state index < -0.39 is 68.2 Å². The van der Waals surface area contributed by atoms with Gasteiger partial charge in [0.15, 0.2) is 0 Å². The van der Waals surface area contributed by atoms with Gasteiger partial charge in [0.2, 0.25) is 0 Å². The van der Waals surface area contributed by atoms with Crippen LogP contribution < -0.4 is 118 Å². The molecule has 0 fully saturated rings. The van der Waals surface area contributed by atoms with Crippen molar-refractivity contribution in [2.75, 3.05) is 0 Å². The van der Waals surface area contributed by atoms with E-state index in [1.807, 2.05) is 0 Å². The summed E-state index contributed by atoms with van der Waals surface area (Å²) in [4.78, 5) is 0. The van der Waals surface area contributed by atoms with Gasteiger partial charge in [-0.1, -0.05) is 0 Å². The van der Waals surface area contributed by atoms with Crippen molar-refractivity contribution in [1.82, 2.24) is 0 Å². The van der Waals surface area contributed by atoms with Crippen LogP contribution in [0.5, 0.6) is 0 Å². The largest absolute Gasteiger partial charge is 1.00 e. The minimum absolute atomic E-state index is 0. The van der Waals surface area contributed by atoms with E-state index in [0.717, 1.165) is 0 Å². The summed E-state index contributed by atoms with van der Waals surface area (Å²) >= 11 is -15.7. The molecule has 0 saturated carbocycles. The zero-order valence-electron chi connectivity index (χ0n) is 18.3. The van der Waals surface area contributed by atoms with Crippen LogP contribution in [0.25, 0.3) is 0 Å². The molecule has 0 aliphatic heterocycles. The monoisotopic (exact) mass is 588 g/mol. The van der Waals surface area contributed by atoms with Gasteiger partial charge < -0.3 is 5.71 Å². The Morgan fingerprint density at radius 3 is 0.286 bits per heavy atom. The van der Waals surface area contributed by atoms with Gasteiger partial charge in [0.05, 0.1) is 0 Å². The molecule has 0 heterocycles. The molecule has 12 N–H and O–H groups in total. The summed E-state index contributed by atoms with van der Waals surface area (Å²) in [6, 6.07) is 0. The van der Waals surface area contributed by atoms with Crippen LogP contribution in [0.4, 0.5) is 0 Å². The standard InChI is InChI=1S/4Na.6H2O3S.4H/c;;;;6*1-4(2)3;;;;/h;;;;6*(H2,1,2,3);;;;/q4*+1;;;;;;;4*-1. The molecule has 0 spiro atoms. The molecule has 18 nitrogen and oxygen atoms in total. The summed E-state index contributed by atoms with van der Waals surface area (Å²) in [5, 5.41) is 0. The third kappa shape index (κ3) is 1350. The second kappa shape index (κ2) is 57.8. The van der Waals surface area contributed by atoms with E-state index in [4.69, 9.17) is 79.9 Å². The molecule has 0 unspecified atom stereocenters. The Labute approximate surface area is 267 Å². The van der Waals surface area contributed by atoms with Crippen molar-refractivity contribution in [2.24, 2.45) is 0 Å². The molecule has 0 aromatic carbocycles. The van der Waals surface area contributed by atoms with Crippen molar-refractivity contribution < 1.29 is 204 Å². The van der Waals surface area contributed by atoms with Gasteiger partial charge in [-0.15, -0.1) is 0 Å². The van der Waals surface area contributed by atoms with E-state index in [1.54, 1.807) is 0 Å². The van der Waals surface area contributed by atoms with Gasteiger partial charge in [-0.05, 0) is 0 Å². The fourth-order valence-corrected chi connectivity index (χ4v) is 0. The van der Waals surface area contributed by atoms with E-state index in [0.29, 0.717) is 0 Å². The Hall–Kier alpha value is 4.42. The summed E-state index contributed by atoms with van der Waals surface area (Å²) in [5.41, 5.74) is 0. The first kappa shape index (κ1) is 63.7. The van der Waals surface area contributed by atoms with Gasteiger partial charge in [-0.3, -0.25) is 54.6 Å². The summed E-state index contributed by atoms with van der Waals surface area (Å²) in [6.45, 7) is 0. The van der Waals surface area contributed by atoms with Gasteiger partial charge in [0.25, 0.3) is 68.2 Å². The van der Waals surface area contributed by atoms with Crippen molar-refractivity contribution >= 4 is 68.2 Å². The van der Waals surface area contributed by atoms with Crippen LogP contribution in [0.1, 0.15) is 5.71 Å². The molecule has 0 atom stereocenters. The van der Waals surface area contributed by atoms with Crippen molar-refractivity contribution in [3.05, 3.63) is 0 Å². The summed E-state index contributed by atoms with van der Waals surface area (Å²) in [6.07, 6.45) is 0. The maximum Gasteiger partial charge on any atom is 1.00 e. The molecule has 0 amide bonds. The fourth-order valence-electron chi connectivity index (χ4n) is 0. The van der Waals surface area contributed by atoms with E-state index >= 15 is 0 Å². The molecule has 0 aromatic heterocycles. The molecule has 0 saturated heterocycles. The number of rotatable bonds is 0. The quantitative estimate of drug-likeness (QED) is 0.0922. The molecule has 0 aliphatic carbocycles. The van der Waals surface area contributed by atoms with Crippen LogP contribution in [0.2, 0.25) is 0 Å². The maximum atomic E-state index is 8.67. The van der Waals surface area contributed by atoms with Gasteiger partial charge in [0, 0.05) is 0 Å². The van der Waals surface area contributed by atoms with Crippen LogP contribution in [0.15, 0.2) is 0 Å². The van der Waals surface area contributed by atoms with Crippen molar-refractivity contribution in [1.29, 1.82) is 0 Å². The first-order chi connectivity index (χ1) is 10.4. The summed E-state index contributed by atoms with van der Waals surface area (Å²) in [5.74, 6) is 0. The molecule has 0 radical (unpaired) electrons. The predicted octanol–water partition coefficient (Wildman–Crippen LogP) is -13.4. The Kier molecular flexibility index (Phi) is 132. The third-order valence-electron chi connectivity index (χ3n) is 0. The minimum Gasteiger partial charge on any atom is -1.00 e. The van der Waals surface area contributed by atoms with Crippen LogP contribution in [-0.4, -0.2) is 79.9 Å². The van der Waals surface area contributed by atoms with Gasteiger partial charge in [0.1, 0.15) is 0 Å². The van der Waals surface area contributed by atoms with E-state index in [-0.39, 0.29) is 124 Å². The van der Waals surface area contributed by atoms with Crippen molar-refractivity contribution in [3.8, 4) is 0 Å². The van der Waals surface area contributed by atoms with Gasteiger partial charge in [-0.25, -0.2) is 0 Å².